The fraction of sp³-hybridized carbons (Fsp3) is 0.176. The molecule has 0 saturated heterocycles. The number of halogens is 1. The van der Waals surface area contributed by atoms with Gasteiger partial charge in [-0.3, -0.25) is 9.59 Å². The van der Waals surface area contributed by atoms with Crippen LogP contribution in [0.25, 0.3) is 0 Å². The molecule has 0 atom stereocenters. The van der Waals surface area contributed by atoms with Gasteiger partial charge in [-0.2, -0.15) is 0 Å². The summed E-state index contributed by atoms with van der Waals surface area (Å²) in [4.78, 5) is 23.6. The van der Waals surface area contributed by atoms with Gasteiger partial charge >= 0.3 is 0 Å². The van der Waals surface area contributed by atoms with E-state index in [9.17, 15) is 14.0 Å². The van der Waals surface area contributed by atoms with Crippen molar-refractivity contribution >= 4 is 23.2 Å². The topological polar surface area (TPSA) is 58.2 Å². The van der Waals surface area contributed by atoms with Gasteiger partial charge in [0.25, 0.3) is 0 Å². The SMILES string of the molecule is Cc1ccc(NC(=O)CC(=O)Nc2ccccc2F)c(C)c1. The Bertz CT molecular complexity index is 714. The van der Waals surface area contributed by atoms with Crippen LogP contribution in [-0.2, 0) is 9.59 Å². The highest BCUT2D eigenvalue weighted by atomic mass is 19.1. The molecule has 114 valence electrons. The van der Waals surface area contributed by atoms with E-state index >= 15 is 0 Å². The average Bonchev–Trinajstić information content (AvgIpc) is 2.44. The molecule has 0 bridgehead atoms. The largest absolute Gasteiger partial charge is 0.325 e. The first-order chi connectivity index (χ1) is 10.5. The number of para-hydroxylation sites is 1. The third kappa shape index (κ3) is 4.15. The van der Waals surface area contributed by atoms with Crippen LogP contribution in [-0.4, -0.2) is 11.8 Å². The molecular weight excluding hydrogens is 283 g/mol. The number of hydrogen-bond donors (Lipinski definition) is 2. The summed E-state index contributed by atoms with van der Waals surface area (Å²) in [7, 11) is 0. The second-order valence-corrected chi connectivity index (χ2v) is 5.07. The number of rotatable bonds is 4. The normalized spacial score (nSPS) is 10.1. The molecular formula is C17H17FN2O2. The smallest absolute Gasteiger partial charge is 0.233 e. The van der Waals surface area contributed by atoms with Crippen molar-refractivity contribution in [3.63, 3.8) is 0 Å². The lowest BCUT2D eigenvalue weighted by Gasteiger charge is -2.09. The summed E-state index contributed by atoms with van der Waals surface area (Å²) in [6, 6.07) is 11.4. The van der Waals surface area contributed by atoms with E-state index in [4.69, 9.17) is 0 Å². The summed E-state index contributed by atoms with van der Waals surface area (Å²) < 4.78 is 13.4. The maximum atomic E-state index is 13.4. The van der Waals surface area contributed by atoms with E-state index in [1.165, 1.54) is 18.2 Å². The molecule has 2 aromatic carbocycles. The third-order valence-electron chi connectivity index (χ3n) is 3.13. The van der Waals surface area contributed by atoms with Gasteiger partial charge in [-0.05, 0) is 37.6 Å². The molecule has 0 aliphatic heterocycles. The monoisotopic (exact) mass is 300 g/mol. The summed E-state index contributed by atoms with van der Waals surface area (Å²) >= 11 is 0. The van der Waals surface area contributed by atoms with Crippen molar-refractivity contribution in [2.24, 2.45) is 0 Å². The number of carbonyl (C=O) groups is 2. The number of hydrogen-bond acceptors (Lipinski definition) is 2. The lowest BCUT2D eigenvalue weighted by Crippen LogP contribution is -2.22. The highest BCUT2D eigenvalue weighted by Crippen LogP contribution is 2.16. The molecule has 0 fully saturated rings. The zero-order valence-corrected chi connectivity index (χ0v) is 12.4. The zero-order valence-electron chi connectivity index (χ0n) is 12.4. The van der Waals surface area contributed by atoms with Gasteiger partial charge in [0.15, 0.2) is 0 Å². The van der Waals surface area contributed by atoms with E-state index in [1.807, 2.05) is 26.0 Å². The maximum Gasteiger partial charge on any atom is 0.233 e. The summed E-state index contributed by atoms with van der Waals surface area (Å²) in [5.74, 6) is -1.54. The molecule has 5 heteroatoms. The second-order valence-electron chi connectivity index (χ2n) is 5.07. The number of aryl methyl sites for hydroxylation is 2. The molecule has 0 unspecified atom stereocenters. The Morgan fingerprint density at radius 2 is 1.59 bits per heavy atom. The van der Waals surface area contributed by atoms with Gasteiger partial charge in [0.05, 0.1) is 5.69 Å². The third-order valence-corrected chi connectivity index (χ3v) is 3.13. The first-order valence-corrected chi connectivity index (χ1v) is 6.87. The average molecular weight is 300 g/mol. The summed E-state index contributed by atoms with van der Waals surface area (Å²) in [5, 5.41) is 5.05. The predicted octanol–water partition coefficient (Wildman–Crippen LogP) is 3.41. The van der Waals surface area contributed by atoms with Gasteiger partial charge in [0, 0.05) is 5.69 Å². The van der Waals surface area contributed by atoms with Gasteiger partial charge in [-0.15, -0.1) is 0 Å². The van der Waals surface area contributed by atoms with Crippen LogP contribution in [0, 0.1) is 19.7 Å². The van der Waals surface area contributed by atoms with E-state index in [0.29, 0.717) is 5.69 Å². The minimum atomic E-state index is -0.563. The number of nitrogens with one attached hydrogen (secondary N) is 2. The van der Waals surface area contributed by atoms with E-state index in [0.717, 1.165) is 11.1 Å². The van der Waals surface area contributed by atoms with Crippen LogP contribution in [0.4, 0.5) is 15.8 Å². The second kappa shape index (κ2) is 6.85. The standard InChI is InChI=1S/C17H17FN2O2/c1-11-7-8-14(12(2)9-11)19-16(21)10-17(22)20-15-6-4-3-5-13(15)18/h3-9H,10H2,1-2H3,(H,19,21)(H,20,22). The Labute approximate surface area is 128 Å². The highest BCUT2D eigenvalue weighted by Gasteiger charge is 2.12. The van der Waals surface area contributed by atoms with Crippen molar-refractivity contribution in [3.8, 4) is 0 Å². The molecule has 0 saturated carbocycles. The summed E-state index contributed by atoms with van der Waals surface area (Å²) in [6.07, 6.45) is -0.373. The van der Waals surface area contributed by atoms with Gasteiger partial charge in [0.2, 0.25) is 11.8 Å². The van der Waals surface area contributed by atoms with Gasteiger partial charge in [0.1, 0.15) is 12.2 Å². The first kappa shape index (κ1) is 15.7. The van der Waals surface area contributed by atoms with Crippen LogP contribution in [0.5, 0.6) is 0 Å². The maximum absolute atomic E-state index is 13.4. The van der Waals surface area contributed by atoms with E-state index in [-0.39, 0.29) is 12.1 Å². The van der Waals surface area contributed by atoms with E-state index < -0.39 is 17.6 Å². The lowest BCUT2D eigenvalue weighted by molar-refractivity contribution is -0.123. The number of amides is 2. The molecule has 22 heavy (non-hydrogen) atoms. The Balaban J connectivity index is 1.94. The fourth-order valence-corrected chi connectivity index (χ4v) is 2.05. The van der Waals surface area contributed by atoms with Crippen molar-refractivity contribution in [2.75, 3.05) is 10.6 Å². The fourth-order valence-electron chi connectivity index (χ4n) is 2.05. The molecule has 2 rings (SSSR count). The molecule has 0 spiro atoms. The van der Waals surface area contributed by atoms with Crippen LogP contribution < -0.4 is 10.6 Å². The molecule has 0 heterocycles. The van der Waals surface area contributed by atoms with Crippen LogP contribution in [0.1, 0.15) is 17.5 Å². The van der Waals surface area contributed by atoms with Crippen LogP contribution in [0.2, 0.25) is 0 Å². The van der Waals surface area contributed by atoms with Crippen molar-refractivity contribution in [3.05, 3.63) is 59.4 Å². The Morgan fingerprint density at radius 1 is 0.955 bits per heavy atom. The number of anilines is 2. The number of carbonyl (C=O) groups excluding carboxylic acids is 2. The highest BCUT2D eigenvalue weighted by molar-refractivity contribution is 6.08. The van der Waals surface area contributed by atoms with E-state index in [2.05, 4.69) is 10.6 Å². The van der Waals surface area contributed by atoms with Crippen molar-refractivity contribution in [1.29, 1.82) is 0 Å². The minimum absolute atomic E-state index is 0.0619. The quantitative estimate of drug-likeness (QED) is 0.850. The van der Waals surface area contributed by atoms with E-state index in [1.54, 1.807) is 12.1 Å². The Kier molecular flexibility index (Phi) is 4.88. The molecule has 2 aromatic rings. The van der Waals surface area contributed by atoms with Gasteiger partial charge < -0.3 is 10.6 Å². The van der Waals surface area contributed by atoms with Gasteiger partial charge in [-0.1, -0.05) is 29.8 Å². The van der Waals surface area contributed by atoms with Crippen LogP contribution >= 0.6 is 0 Å². The van der Waals surface area contributed by atoms with Gasteiger partial charge in [-0.25, -0.2) is 4.39 Å². The Morgan fingerprint density at radius 3 is 2.23 bits per heavy atom. The van der Waals surface area contributed by atoms with Crippen molar-refractivity contribution in [2.45, 2.75) is 20.3 Å². The van der Waals surface area contributed by atoms with Crippen LogP contribution in [0.15, 0.2) is 42.5 Å². The predicted molar refractivity (Wildman–Crippen MR) is 84.2 cm³/mol. The molecule has 0 aromatic heterocycles. The lowest BCUT2D eigenvalue weighted by atomic mass is 10.1. The molecule has 2 amide bonds. The van der Waals surface area contributed by atoms with Crippen molar-refractivity contribution in [1.82, 2.24) is 0 Å². The summed E-state index contributed by atoms with van der Waals surface area (Å²) in [6.45, 7) is 3.84. The molecule has 0 radical (unpaired) electrons. The first-order valence-electron chi connectivity index (χ1n) is 6.87. The molecule has 4 nitrogen and oxygen atoms in total. The van der Waals surface area contributed by atoms with Crippen LogP contribution in [0.3, 0.4) is 0 Å². The summed E-state index contributed by atoms with van der Waals surface area (Å²) in [5.41, 5.74) is 2.73. The molecule has 0 aliphatic carbocycles. The molecule has 2 N–H and O–H groups in total. The van der Waals surface area contributed by atoms with Crippen molar-refractivity contribution < 1.29 is 14.0 Å². The number of benzene rings is 2. The molecule has 0 aliphatic rings. The minimum Gasteiger partial charge on any atom is -0.325 e. The Hall–Kier alpha value is -2.69. The zero-order chi connectivity index (χ0) is 16.1.